The number of rotatable bonds is 5. The Balaban J connectivity index is 2.16. The van der Waals surface area contributed by atoms with E-state index in [0.717, 1.165) is 30.8 Å². The summed E-state index contributed by atoms with van der Waals surface area (Å²) in [4.78, 5) is 0. The van der Waals surface area contributed by atoms with Crippen LogP contribution in [-0.2, 0) is 6.42 Å². The largest absolute Gasteiger partial charge is 0.493 e. The van der Waals surface area contributed by atoms with Crippen molar-refractivity contribution in [3.63, 3.8) is 0 Å². The van der Waals surface area contributed by atoms with Gasteiger partial charge in [-0.3, -0.25) is 0 Å². The van der Waals surface area contributed by atoms with E-state index in [0.29, 0.717) is 6.04 Å². The van der Waals surface area contributed by atoms with E-state index in [1.807, 2.05) is 0 Å². The van der Waals surface area contributed by atoms with E-state index in [1.54, 1.807) is 14.2 Å². The van der Waals surface area contributed by atoms with Gasteiger partial charge in [0.1, 0.15) is 11.6 Å². The molecule has 1 aliphatic heterocycles. The molecule has 0 aliphatic carbocycles. The molecule has 128 valence electrons. The second-order valence-electron chi connectivity index (χ2n) is 6.71. The lowest BCUT2D eigenvalue weighted by molar-refractivity contribution is -0.760. The van der Waals surface area contributed by atoms with Crippen LogP contribution in [0.15, 0.2) is 42.5 Å². The lowest BCUT2D eigenvalue weighted by Crippen LogP contribution is -2.99. The van der Waals surface area contributed by atoms with E-state index >= 15 is 0 Å². The van der Waals surface area contributed by atoms with Crippen LogP contribution < -0.4 is 14.8 Å². The summed E-state index contributed by atoms with van der Waals surface area (Å²) < 4.78 is 11.1. The topological polar surface area (TPSA) is 35.1 Å². The van der Waals surface area contributed by atoms with E-state index in [4.69, 9.17) is 9.47 Å². The number of benzene rings is 2. The molecule has 2 N–H and O–H groups in total. The Morgan fingerprint density at radius 2 is 1.62 bits per heavy atom. The van der Waals surface area contributed by atoms with Crippen LogP contribution in [0.5, 0.6) is 11.5 Å². The molecule has 0 saturated carbocycles. The van der Waals surface area contributed by atoms with Crippen LogP contribution in [0.3, 0.4) is 0 Å². The van der Waals surface area contributed by atoms with Crippen LogP contribution >= 0.6 is 0 Å². The summed E-state index contributed by atoms with van der Waals surface area (Å²) in [6.45, 7) is 4.60. The number of ether oxygens (including phenoxy) is 2. The van der Waals surface area contributed by atoms with Gasteiger partial charge in [0.2, 0.25) is 0 Å². The van der Waals surface area contributed by atoms with Gasteiger partial charge in [-0.2, -0.15) is 0 Å². The smallest absolute Gasteiger partial charge is 0.161 e. The minimum absolute atomic E-state index is 0.243. The van der Waals surface area contributed by atoms with Crippen molar-refractivity contribution >= 4 is 0 Å². The molecule has 3 heteroatoms. The van der Waals surface area contributed by atoms with E-state index in [2.05, 4.69) is 61.6 Å². The molecule has 0 aromatic heterocycles. The number of quaternary nitrogens is 1. The maximum atomic E-state index is 5.55. The average molecular weight is 326 g/mol. The summed E-state index contributed by atoms with van der Waals surface area (Å²) in [5.41, 5.74) is 4.31. The Kier molecular flexibility index (Phi) is 4.81. The van der Waals surface area contributed by atoms with Gasteiger partial charge in [-0.15, -0.1) is 0 Å². The zero-order valence-corrected chi connectivity index (χ0v) is 15.1. The standard InChI is InChI=1S/C21H27NO2/c1-5-21(6-2)14-16-12-18(23-3)19(24-4)13-17(16)20(22-21)15-10-8-7-9-11-15/h7-13,20,22H,5-6,14H2,1-4H3/p+1/t20-/m0/s1. The molecule has 1 heterocycles. The minimum Gasteiger partial charge on any atom is -0.493 e. The van der Waals surface area contributed by atoms with Gasteiger partial charge < -0.3 is 14.8 Å². The van der Waals surface area contributed by atoms with Gasteiger partial charge in [0.25, 0.3) is 0 Å². The first-order valence-electron chi connectivity index (χ1n) is 8.82. The van der Waals surface area contributed by atoms with Crippen molar-refractivity contribution < 1.29 is 14.8 Å². The third-order valence-corrected chi connectivity index (χ3v) is 5.61. The predicted octanol–water partition coefficient (Wildman–Crippen LogP) is 3.47. The predicted molar refractivity (Wildman–Crippen MR) is 96.8 cm³/mol. The number of nitrogens with two attached hydrogens (primary N) is 1. The monoisotopic (exact) mass is 326 g/mol. The summed E-state index contributed by atoms with van der Waals surface area (Å²) in [7, 11) is 3.41. The quantitative estimate of drug-likeness (QED) is 0.913. The fourth-order valence-electron chi connectivity index (χ4n) is 3.93. The number of hydrogen-bond acceptors (Lipinski definition) is 2. The van der Waals surface area contributed by atoms with E-state index in [-0.39, 0.29) is 5.54 Å². The summed E-state index contributed by atoms with van der Waals surface area (Å²) in [6.07, 6.45) is 3.38. The fourth-order valence-corrected chi connectivity index (χ4v) is 3.93. The van der Waals surface area contributed by atoms with Crippen molar-refractivity contribution in [1.29, 1.82) is 0 Å². The zero-order valence-electron chi connectivity index (χ0n) is 15.1. The van der Waals surface area contributed by atoms with Gasteiger partial charge in [-0.1, -0.05) is 44.2 Å². The molecule has 0 unspecified atom stereocenters. The highest BCUT2D eigenvalue weighted by Crippen LogP contribution is 2.38. The lowest BCUT2D eigenvalue weighted by atomic mass is 9.76. The maximum absolute atomic E-state index is 5.55. The molecule has 0 fully saturated rings. The molecule has 24 heavy (non-hydrogen) atoms. The summed E-state index contributed by atoms with van der Waals surface area (Å²) in [5, 5.41) is 2.57. The Morgan fingerprint density at radius 1 is 1.00 bits per heavy atom. The maximum Gasteiger partial charge on any atom is 0.161 e. The number of fused-ring (bicyclic) bond motifs is 1. The molecule has 2 aromatic rings. The second kappa shape index (κ2) is 6.86. The first kappa shape index (κ1) is 16.8. The van der Waals surface area contributed by atoms with Gasteiger partial charge in [0.15, 0.2) is 11.5 Å². The van der Waals surface area contributed by atoms with E-state index < -0.39 is 0 Å². The highest BCUT2D eigenvalue weighted by atomic mass is 16.5. The van der Waals surface area contributed by atoms with Gasteiger partial charge >= 0.3 is 0 Å². The Hall–Kier alpha value is -2.00. The fraction of sp³-hybridized carbons (Fsp3) is 0.429. The average Bonchev–Trinajstić information content (AvgIpc) is 2.66. The molecule has 1 aliphatic rings. The first-order valence-corrected chi connectivity index (χ1v) is 8.82. The normalized spacial score (nSPS) is 18.8. The SMILES string of the molecule is CCC1(CC)Cc2cc(OC)c(OC)cc2[C@H](c2ccccc2)[NH2+]1. The van der Waals surface area contributed by atoms with Crippen molar-refractivity contribution in [3.8, 4) is 11.5 Å². The van der Waals surface area contributed by atoms with E-state index in [9.17, 15) is 0 Å². The summed E-state index contributed by atoms with van der Waals surface area (Å²) >= 11 is 0. The van der Waals surface area contributed by atoms with Crippen molar-refractivity contribution in [2.45, 2.75) is 44.7 Å². The molecule has 3 rings (SSSR count). The van der Waals surface area contributed by atoms with Crippen LogP contribution in [0.4, 0.5) is 0 Å². The minimum atomic E-state index is 0.243. The highest BCUT2D eigenvalue weighted by Gasteiger charge is 2.41. The molecule has 0 bridgehead atoms. The number of methoxy groups -OCH3 is 2. The second-order valence-corrected chi connectivity index (χ2v) is 6.71. The molecule has 0 saturated heterocycles. The van der Waals surface area contributed by atoms with Crippen molar-refractivity contribution in [2.75, 3.05) is 14.2 Å². The summed E-state index contributed by atoms with van der Waals surface area (Å²) in [5.74, 6) is 1.64. The van der Waals surface area contributed by atoms with Crippen LogP contribution in [0.25, 0.3) is 0 Å². The van der Waals surface area contributed by atoms with Crippen LogP contribution in [-0.4, -0.2) is 19.8 Å². The third kappa shape index (κ3) is 2.89. The molecule has 0 spiro atoms. The van der Waals surface area contributed by atoms with Gasteiger partial charge in [0, 0.05) is 17.5 Å². The molecule has 0 amide bonds. The highest BCUT2D eigenvalue weighted by molar-refractivity contribution is 5.51. The van der Waals surface area contributed by atoms with Crippen LogP contribution in [0, 0.1) is 0 Å². The molecule has 2 aromatic carbocycles. The van der Waals surface area contributed by atoms with Crippen molar-refractivity contribution in [3.05, 3.63) is 59.2 Å². The first-order chi connectivity index (χ1) is 11.7. The third-order valence-electron chi connectivity index (χ3n) is 5.61. The van der Waals surface area contributed by atoms with Crippen molar-refractivity contribution in [1.82, 2.24) is 0 Å². The van der Waals surface area contributed by atoms with Gasteiger partial charge in [-0.05, 0) is 30.5 Å². The van der Waals surface area contributed by atoms with Crippen LogP contribution in [0.1, 0.15) is 49.4 Å². The Bertz CT molecular complexity index is 692. The molecule has 1 atom stereocenters. The molecule has 0 radical (unpaired) electrons. The Labute approximate surface area is 145 Å². The number of hydrogen-bond donors (Lipinski definition) is 1. The molecular formula is C21H28NO2+. The van der Waals surface area contributed by atoms with E-state index in [1.165, 1.54) is 16.7 Å². The zero-order chi connectivity index (χ0) is 17.2. The van der Waals surface area contributed by atoms with Gasteiger partial charge in [-0.25, -0.2) is 0 Å². The molecule has 3 nitrogen and oxygen atoms in total. The van der Waals surface area contributed by atoms with Crippen LogP contribution in [0.2, 0.25) is 0 Å². The Morgan fingerprint density at radius 3 is 2.21 bits per heavy atom. The molecular weight excluding hydrogens is 298 g/mol. The lowest BCUT2D eigenvalue weighted by Gasteiger charge is -2.39. The van der Waals surface area contributed by atoms with Gasteiger partial charge in [0.05, 0.1) is 14.2 Å². The summed E-state index contributed by atoms with van der Waals surface area (Å²) in [6, 6.07) is 15.4. The van der Waals surface area contributed by atoms with Crippen molar-refractivity contribution in [2.24, 2.45) is 0 Å².